The van der Waals surface area contributed by atoms with Gasteiger partial charge in [0.2, 0.25) is 0 Å². The Balaban J connectivity index is 2.16. The molecule has 0 fully saturated rings. The van der Waals surface area contributed by atoms with Gasteiger partial charge in [0.05, 0.1) is 11.6 Å². The van der Waals surface area contributed by atoms with E-state index >= 15 is 0 Å². The van der Waals surface area contributed by atoms with Gasteiger partial charge in [-0.25, -0.2) is 9.37 Å². The smallest absolute Gasteiger partial charge is 0.255 e. The van der Waals surface area contributed by atoms with Crippen LogP contribution < -0.4 is 10.6 Å². The highest BCUT2D eigenvalue weighted by Gasteiger charge is 2.15. The zero-order chi connectivity index (χ0) is 15.4. The number of hydrogen-bond acceptors (Lipinski definition) is 4. The lowest BCUT2D eigenvalue weighted by Gasteiger charge is -2.16. The van der Waals surface area contributed by atoms with E-state index in [4.69, 9.17) is 0 Å². The Morgan fingerprint density at radius 3 is 2.81 bits per heavy atom. The number of hydrogen-bond donors (Lipinski definition) is 3. The molecule has 1 aromatic carbocycles. The van der Waals surface area contributed by atoms with Gasteiger partial charge >= 0.3 is 0 Å². The first-order chi connectivity index (χ1) is 10.0. The molecule has 3 N–H and O–H groups in total. The van der Waals surface area contributed by atoms with E-state index in [1.165, 1.54) is 12.1 Å². The molecule has 1 aromatic heterocycles. The lowest BCUT2D eigenvalue weighted by Crippen LogP contribution is -2.27. The summed E-state index contributed by atoms with van der Waals surface area (Å²) >= 11 is 0. The first-order valence-corrected chi connectivity index (χ1v) is 6.45. The predicted octanol–water partition coefficient (Wildman–Crippen LogP) is 2.46. The number of anilines is 1. The fraction of sp³-hybridized carbons (Fsp3) is 0.200. The Kier molecular flexibility index (Phi) is 4.37. The Bertz CT molecular complexity index is 661. The number of aromatic nitrogens is 1. The second-order valence-electron chi connectivity index (χ2n) is 4.56. The molecule has 21 heavy (non-hydrogen) atoms. The third-order valence-electron chi connectivity index (χ3n) is 3.11. The molecule has 0 aliphatic heterocycles. The number of rotatable bonds is 4. The van der Waals surface area contributed by atoms with Crippen molar-refractivity contribution in [1.29, 1.82) is 0 Å². The van der Waals surface area contributed by atoms with E-state index in [1.54, 1.807) is 38.4 Å². The normalized spacial score (nSPS) is 11.8. The molecule has 1 amide bonds. The number of pyridine rings is 1. The van der Waals surface area contributed by atoms with E-state index in [2.05, 4.69) is 15.6 Å². The molecule has 0 aliphatic carbocycles. The van der Waals surface area contributed by atoms with Crippen molar-refractivity contribution in [1.82, 2.24) is 10.3 Å². The van der Waals surface area contributed by atoms with Gasteiger partial charge in [0.15, 0.2) is 11.6 Å². The zero-order valence-electron chi connectivity index (χ0n) is 11.7. The zero-order valence-corrected chi connectivity index (χ0v) is 11.7. The molecule has 0 saturated carbocycles. The molecule has 0 aliphatic rings. The molecule has 6 heteroatoms. The fourth-order valence-corrected chi connectivity index (χ4v) is 1.94. The number of benzene rings is 1. The molecule has 1 heterocycles. The molecule has 0 radical (unpaired) electrons. The second kappa shape index (κ2) is 6.21. The molecule has 110 valence electrons. The van der Waals surface area contributed by atoms with Crippen LogP contribution in [-0.2, 0) is 0 Å². The van der Waals surface area contributed by atoms with Gasteiger partial charge in [0.25, 0.3) is 5.91 Å². The standard InChI is InChI=1S/C15H16FN3O2/c1-9(10-5-6-13(20)12(16)8-10)19-15(21)11-4-3-7-18-14(11)17-2/h3-9,20H,1-2H3,(H,17,18)(H,19,21)/t9-/m0/s1. The third-order valence-corrected chi connectivity index (χ3v) is 3.11. The highest BCUT2D eigenvalue weighted by Crippen LogP contribution is 2.21. The summed E-state index contributed by atoms with van der Waals surface area (Å²) in [6, 6.07) is 6.93. The highest BCUT2D eigenvalue weighted by molar-refractivity contribution is 5.98. The number of phenols is 1. The number of carbonyl (C=O) groups is 1. The van der Waals surface area contributed by atoms with E-state index in [1.807, 2.05) is 0 Å². The van der Waals surface area contributed by atoms with Gasteiger partial charge in [-0.1, -0.05) is 6.07 Å². The first-order valence-electron chi connectivity index (χ1n) is 6.45. The number of aromatic hydroxyl groups is 1. The summed E-state index contributed by atoms with van der Waals surface area (Å²) in [5.74, 6) is -0.972. The minimum atomic E-state index is -0.717. The largest absolute Gasteiger partial charge is 0.505 e. The van der Waals surface area contributed by atoms with Gasteiger partial charge in [-0.15, -0.1) is 0 Å². The van der Waals surface area contributed by atoms with Crippen molar-refractivity contribution >= 4 is 11.7 Å². The summed E-state index contributed by atoms with van der Waals surface area (Å²) in [7, 11) is 1.68. The first kappa shape index (κ1) is 14.8. The van der Waals surface area contributed by atoms with Crippen LogP contribution in [0.4, 0.5) is 10.2 Å². The van der Waals surface area contributed by atoms with Crippen molar-refractivity contribution in [3.05, 3.63) is 53.5 Å². The monoisotopic (exact) mass is 289 g/mol. The van der Waals surface area contributed by atoms with Gasteiger partial charge in [-0.05, 0) is 36.8 Å². The van der Waals surface area contributed by atoms with Crippen LogP contribution in [0.2, 0.25) is 0 Å². The number of nitrogens with one attached hydrogen (secondary N) is 2. The van der Waals surface area contributed by atoms with Crippen LogP contribution in [0.15, 0.2) is 36.5 Å². The molecule has 0 saturated heterocycles. The fourth-order valence-electron chi connectivity index (χ4n) is 1.94. The van der Waals surface area contributed by atoms with E-state index < -0.39 is 17.6 Å². The highest BCUT2D eigenvalue weighted by atomic mass is 19.1. The minimum Gasteiger partial charge on any atom is -0.505 e. The Labute approximate surface area is 121 Å². The van der Waals surface area contributed by atoms with E-state index in [0.29, 0.717) is 16.9 Å². The molecule has 2 aromatic rings. The average molecular weight is 289 g/mol. The van der Waals surface area contributed by atoms with Gasteiger partial charge in [-0.2, -0.15) is 0 Å². The van der Waals surface area contributed by atoms with Crippen molar-refractivity contribution in [2.45, 2.75) is 13.0 Å². The van der Waals surface area contributed by atoms with Crippen molar-refractivity contribution in [2.75, 3.05) is 12.4 Å². The molecule has 5 nitrogen and oxygen atoms in total. The van der Waals surface area contributed by atoms with Crippen LogP contribution in [0.5, 0.6) is 5.75 Å². The Morgan fingerprint density at radius 1 is 1.38 bits per heavy atom. The lowest BCUT2D eigenvalue weighted by atomic mass is 10.1. The summed E-state index contributed by atoms with van der Waals surface area (Å²) in [6.07, 6.45) is 1.58. The lowest BCUT2D eigenvalue weighted by molar-refractivity contribution is 0.0940. The quantitative estimate of drug-likeness (QED) is 0.808. The second-order valence-corrected chi connectivity index (χ2v) is 4.56. The van der Waals surface area contributed by atoms with Crippen LogP contribution in [0.1, 0.15) is 28.9 Å². The molecular formula is C15H16FN3O2. The summed E-state index contributed by atoms with van der Waals surface area (Å²) in [4.78, 5) is 16.3. The van der Waals surface area contributed by atoms with Crippen LogP contribution in [-0.4, -0.2) is 23.0 Å². The molecular weight excluding hydrogens is 273 g/mol. The summed E-state index contributed by atoms with van der Waals surface area (Å²) < 4.78 is 13.3. The molecule has 0 unspecified atom stereocenters. The van der Waals surface area contributed by atoms with Crippen molar-refractivity contribution in [3.8, 4) is 5.75 Å². The van der Waals surface area contributed by atoms with Crippen LogP contribution in [0.3, 0.4) is 0 Å². The number of nitrogens with zero attached hydrogens (tertiary/aromatic N) is 1. The molecule has 0 bridgehead atoms. The summed E-state index contributed by atoms with van der Waals surface area (Å²) in [6.45, 7) is 1.74. The van der Waals surface area contributed by atoms with Crippen molar-refractivity contribution in [2.24, 2.45) is 0 Å². The maximum absolute atomic E-state index is 13.3. The van der Waals surface area contributed by atoms with Crippen LogP contribution >= 0.6 is 0 Å². The van der Waals surface area contributed by atoms with E-state index in [0.717, 1.165) is 0 Å². The number of carbonyl (C=O) groups excluding carboxylic acids is 1. The predicted molar refractivity (Wildman–Crippen MR) is 77.7 cm³/mol. The maximum Gasteiger partial charge on any atom is 0.255 e. The molecule has 1 atom stereocenters. The maximum atomic E-state index is 13.3. The number of amides is 1. The summed E-state index contributed by atoms with van der Waals surface area (Å²) in [5.41, 5.74) is 0.972. The average Bonchev–Trinajstić information content (AvgIpc) is 2.49. The van der Waals surface area contributed by atoms with Crippen molar-refractivity contribution < 1.29 is 14.3 Å². The van der Waals surface area contributed by atoms with E-state index in [9.17, 15) is 14.3 Å². The topological polar surface area (TPSA) is 74.2 Å². The molecule has 2 rings (SSSR count). The SMILES string of the molecule is CNc1ncccc1C(=O)N[C@@H](C)c1ccc(O)c(F)c1. The number of halogens is 1. The Hall–Kier alpha value is -2.63. The summed E-state index contributed by atoms with van der Waals surface area (Å²) in [5, 5.41) is 14.8. The van der Waals surface area contributed by atoms with Gasteiger partial charge in [0, 0.05) is 13.2 Å². The van der Waals surface area contributed by atoms with Crippen molar-refractivity contribution in [3.63, 3.8) is 0 Å². The van der Waals surface area contributed by atoms with Gasteiger partial charge < -0.3 is 15.7 Å². The van der Waals surface area contributed by atoms with Crippen LogP contribution in [0.25, 0.3) is 0 Å². The third kappa shape index (κ3) is 3.28. The molecule has 0 spiro atoms. The van der Waals surface area contributed by atoms with Gasteiger partial charge in [-0.3, -0.25) is 4.79 Å². The van der Waals surface area contributed by atoms with E-state index in [-0.39, 0.29) is 5.91 Å². The van der Waals surface area contributed by atoms with Gasteiger partial charge in [0.1, 0.15) is 5.82 Å². The van der Waals surface area contributed by atoms with Crippen LogP contribution in [0, 0.1) is 5.82 Å². The minimum absolute atomic E-state index is 0.312. The Morgan fingerprint density at radius 2 is 2.14 bits per heavy atom. The number of phenolic OH excluding ortho intramolecular Hbond substituents is 1.